The van der Waals surface area contributed by atoms with E-state index >= 15 is 0 Å². The molecule has 0 atom stereocenters. The van der Waals surface area contributed by atoms with Crippen LogP contribution in [0.15, 0.2) is 36.4 Å². The van der Waals surface area contributed by atoms with E-state index in [2.05, 4.69) is 9.97 Å². The summed E-state index contributed by atoms with van der Waals surface area (Å²) in [5.74, 6) is -2.10. The van der Waals surface area contributed by atoms with Crippen LogP contribution in [-0.4, -0.2) is 32.6 Å². The van der Waals surface area contributed by atoms with Crippen LogP contribution in [0.25, 0.3) is 11.3 Å². The van der Waals surface area contributed by atoms with Gasteiger partial charge in [0, 0.05) is 29.6 Å². The minimum Gasteiger partial charge on any atom is -0.508 e. The first-order chi connectivity index (χ1) is 15.1. The second-order valence-electron chi connectivity index (χ2n) is 7.71. The summed E-state index contributed by atoms with van der Waals surface area (Å²) in [6, 6.07) is 8.83. The molecule has 6 nitrogen and oxygen atoms in total. The predicted octanol–water partition coefficient (Wildman–Crippen LogP) is 4.78. The lowest BCUT2D eigenvalue weighted by molar-refractivity contribution is -0.145. The molecule has 166 valence electrons. The van der Waals surface area contributed by atoms with E-state index in [0.717, 1.165) is 11.6 Å². The summed E-state index contributed by atoms with van der Waals surface area (Å²) in [6.07, 6.45) is -3.36. The first kappa shape index (κ1) is 21.6. The molecule has 0 unspecified atom stereocenters. The molecule has 0 radical (unpaired) electrons. The minimum atomic E-state index is -4.66. The average Bonchev–Trinajstić information content (AvgIpc) is 2.73. The Balaban J connectivity index is 1.75. The lowest BCUT2D eigenvalue weighted by atomic mass is 9.96. The van der Waals surface area contributed by atoms with Gasteiger partial charge >= 0.3 is 6.18 Å². The molecule has 0 aliphatic carbocycles. The molecule has 0 spiro atoms. The van der Waals surface area contributed by atoms with Crippen molar-refractivity contribution in [1.29, 1.82) is 0 Å². The van der Waals surface area contributed by atoms with Crippen LogP contribution in [0.5, 0.6) is 11.5 Å². The van der Waals surface area contributed by atoms with Crippen LogP contribution in [0.1, 0.15) is 39.4 Å². The van der Waals surface area contributed by atoms with Crippen molar-refractivity contribution < 1.29 is 28.2 Å². The van der Waals surface area contributed by atoms with Crippen molar-refractivity contribution in [1.82, 2.24) is 9.97 Å². The van der Waals surface area contributed by atoms with Gasteiger partial charge in [-0.15, -0.1) is 0 Å². The highest BCUT2D eigenvalue weighted by Crippen LogP contribution is 2.36. The highest BCUT2D eigenvalue weighted by molar-refractivity contribution is 6.08. The van der Waals surface area contributed by atoms with Crippen molar-refractivity contribution in [2.75, 3.05) is 11.4 Å². The number of fused-ring (bicyclic) bond motifs is 1. The zero-order valence-electron chi connectivity index (χ0n) is 17.4. The Hall–Kier alpha value is -3.62. The van der Waals surface area contributed by atoms with Crippen LogP contribution in [-0.2, 0) is 12.6 Å². The summed E-state index contributed by atoms with van der Waals surface area (Å²) < 4.78 is 39.7. The van der Waals surface area contributed by atoms with Gasteiger partial charge in [0.1, 0.15) is 11.5 Å². The standard InChI is InChI=1S/C23H20F3N3O3/c1-12-13(2)27-22(23(24,25)26)28-20(12)15-5-8-18-14(10-15)4-3-9-29(18)21(32)17-7-6-16(30)11-19(17)31/h5-8,10-11,30-31H,3-4,9H2,1-2H3. The van der Waals surface area contributed by atoms with E-state index in [0.29, 0.717) is 36.2 Å². The summed E-state index contributed by atoms with van der Waals surface area (Å²) in [5, 5.41) is 19.5. The molecule has 32 heavy (non-hydrogen) atoms. The fourth-order valence-corrected chi connectivity index (χ4v) is 3.84. The number of carbonyl (C=O) groups excluding carboxylic acids is 1. The topological polar surface area (TPSA) is 86.6 Å². The van der Waals surface area contributed by atoms with E-state index in [1.54, 1.807) is 25.1 Å². The fraction of sp³-hybridized carbons (Fsp3) is 0.261. The lowest BCUT2D eigenvalue weighted by Crippen LogP contribution is -2.35. The van der Waals surface area contributed by atoms with Crippen molar-refractivity contribution in [2.45, 2.75) is 32.9 Å². The number of nitrogens with zero attached hydrogens (tertiary/aromatic N) is 3. The Morgan fingerprint density at radius 3 is 2.50 bits per heavy atom. The molecule has 2 aromatic carbocycles. The molecular formula is C23H20F3N3O3. The van der Waals surface area contributed by atoms with E-state index in [9.17, 15) is 28.2 Å². The van der Waals surface area contributed by atoms with Crippen LogP contribution in [0.2, 0.25) is 0 Å². The number of benzene rings is 2. The van der Waals surface area contributed by atoms with Gasteiger partial charge in [0.2, 0.25) is 5.82 Å². The van der Waals surface area contributed by atoms with E-state index < -0.39 is 17.9 Å². The molecular weight excluding hydrogens is 423 g/mol. The van der Waals surface area contributed by atoms with Crippen molar-refractivity contribution in [3.63, 3.8) is 0 Å². The number of aryl methyl sites for hydroxylation is 2. The quantitative estimate of drug-likeness (QED) is 0.595. The Morgan fingerprint density at radius 2 is 1.81 bits per heavy atom. The number of anilines is 1. The van der Waals surface area contributed by atoms with Crippen LogP contribution in [0.3, 0.4) is 0 Å². The molecule has 3 aromatic rings. The normalized spacial score (nSPS) is 13.7. The number of carbonyl (C=O) groups is 1. The van der Waals surface area contributed by atoms with E-state index in [4.69, 9.17) is 0 Å². The number of halogens is 3. The number of phenols is 2. The Labute approximate surface area is 182 Å². The second-order valence-corrected chi connectivity index (χ2v) is 7.71. The largest absolute Gasteiger partial charge is 0.508 e. The third-order valence-corrected chi connectivity index (χ3v) is 5.57. The van der Waals surface area contributed by atoms with Gasteiger partial charge in [-0.2, -0.15) is 13.2 Å². The van der Waals surface area contributed by atoms with Crippen LogP contribution >= 0.6 is 0 Å². The summed E-state index contributed by atoms with van der Waals surface area (Å²) >= 11 is 0. The Morgan fingerprint density at radius 1 is 1.06 bits per heavy atom. The molecule has 1 aromatic heterocycles. The third kappa shape index (κ3) is 3.86. The number of hydrogen-bond acceptors (Lipinski definition) is 5. The number of hydrogen-bond donors (Lipinski definition) is 2. The smallest absolute Gasteiger partial charge is 0.451 e. The van der Waals surface area contributed by atoms with Crippen LogP contribution < -0.4 is 4.90 Å². The van der Waals surface area contributed by atoms with Gasteiger partial charge in [0.15, 0.2) is 0 Å². The third-order valence-electron chi connectivity index (χ3n) is 5.57. The first-order valence-electron chi connectivity index (χ1n) is 9.96. The fourth-order valence-electron chi connectivity index (χ4n) is 3.84. The van der Waals surface area contributed by atoms with Crippen molar-refractivity contribution >= 4 is 11.6 Å². The molecule has 0 saturated carbocycles. The van der Waals surface area contributed by atoms with Gasteiger partial charge in [0.05, 0.1) is 11.3 Å². The molecule has 4 rings (SSSR count). The Kier molecular flexibility index (Phi) is 5.28. The number of aromatic nitrogens is 2. The summed E-state index contributed by atoms with van der Waals surface area (Å²) in [6.45, 7) is 3.61. The summed E-state index contributed by atoms with van der Waals surface area (Å²) in [4.78, 5) is 21.9. The number of aromatic hydroxyl groups is 2. The molecule has 1 aliphatic heterocycles. The number of phenolic OH excluding ortho intramolecular Hbond substituents is 2. The molecule has 0 saturated heterocycles. The van der Waals surface area contributed by atoms with E-state index in [-0.39, 0.29) is 28.5 Å². The van der Waals surface area contributed by atoms with Crippen molar-refractivity contribution in [3.8, 4) is 22.8 Å². The van der Waals surface area contributed by atoms with Gasteiger partial charge in [-0.05, 0) is 62.1 Å². The van der Waals surface area contributed by atoms with Gasteiger partial charge < -0.3 is 15.1 Å². The highest BCUT2D eigenvalue weighted by Gasteiger charge is 2.36. The molecule has 0 fully saturated rings. The molecule has 9 heteroatoms. The minimum absolute atomic E-state index is 0.0526. The highest BCUT2D eigenvalue weighted by atomic mass is 19.4. The maximum absolute atomic E-state index is 13.2. The van der Waals surface area contributed by atoms with Crippen molar-refractivity contribution in [2.24, 2.45) is 0 Å². The zero-order chi connectivity index (χ0) is 23.2. The molecule has 1 amide bonds. The average molecular weight is 443 g/mol. The van der Waals surface area contributed by atoms with E-state index in [1.165, 1.54) is 24.0 Å². The molecule has 2 heterocycles. The monoisotopic (exact) mass is 443 g/mol. The summed E-state index contributed by atoms with van der Waals surface area (Å²) in [5.41, 5.74) is 2.99. The molecule has 1 aliphatic rings. The van der Waals surface area contributed by atoms with Gasteiger partial charge in [-0.3, -0.25) is 4.79 Å². The van der Waals surface area contributed by atoms with Crippen LogP contribution in [0.4, 0.5) is 18.9 Å². The SMILES string of the molecule is Cc1nc(C(F)(F)F)nc(-c2ccc3c(c2)CCCN3C(=O)c2ccc(O)cc2O)c1C. The molecule has 0 bridgehead atoms. The Bertz CT molecular complexity index is 1230. The van der Waals surface area contributed by atoms with Gasteiger partial charge in [-0.25, -0.2) is 9.97 Å². The first-order valence-corrected chi connectivity index (χ1v) is 9.96. The molecule has 2 N–H and O–H groups in total. The number of alkyl halides is 3. The van der Waals surface area contributed by atoms with E-state index in [1.807, 2.05) is 0 Å². The summed E-state index contributed by atoms with van der Waals surface area (Å²) in [7, 11) is 0. The lowest BCUT2D eigenvalue weighted by Gasteiger charge is -2.30. The van der Waals surface area contributed by atoms with Gasteiger partial charge in [0.25, 0.3) is 5.91 Å². The maximum atomic E-state index is 13.2. The zero-order valence-corrected chi connectivity index (χ0v) is 17.4. The number of rotatable bonds is 2. The van der Waals surface area contributed by atoms with Gasteiger partial charge in [-0.1, -0.05) is 6.07 Å². The van der Waals surface area contributed by atoms with Crippen molar-refractivity contribution in [3.05, 3.63) is 64.6 Å². The maximum Gasteiger partial charge on any atom is 0.451 e. The van der Waals surface area contributed by atoms with Crippen LogP contribution in [0, 0.1) is 13.8 Å². The second kappa shape index (κ2) is 7.81. The predicted molar refractivity (Wildman–Crippen MR) is 112 cm³/mol. The number of amides is 1.